The molecule has 1 aliphatic rings. The summed E-state index contributed by atoms with van der Waals surface area (Å²) in [6.45, 7) is 5.94. The van der Waals surface area contributed by atoms with Gasteiger partial charge in [0.25, 0.3) is 0 Å². The monoisotopic (exact) mass is 157 g/mol. The van der Waals surface area contributed by atoms with Crippen molar-refractivity contribution in [3.8, 4) is 0 Å². The molecule has 1 heterocycles. The van der Waals surface area contributed by atoms with Gasteiger partial charge in [-0.3, -0.25) is 4.79 Å². The molecule has 0 spiro atoms. The van der Waals surface area contributed by atoms with Crippen molar-refractivity contribution in [2.45, 2.75) is 32.4 Å². The zero-order valence-electron chi connectivity index (χ0n) is 7.26. The van der Waals surface area contributed by atoms with E-state index in [9.17, 15) is 4.79 Å². The Morgan fingerprint density at radius 2 is 2.27 bits per heavy atom. The van der Waals surface area contributed by atoms with Crippen molar-refractivity contribution in [1.29, 1.82) is 0 Å². The maximum Gasteiger partial charge on any atom is 0.180 e. The van der Waals surface area contributed by atoms with Gasteiger partial charge in [0.2, 0.25) is 0 Å². The number of carbonyl (C=O) groups is 1. The van der Waals surface area contributed by atoms with Crippen LogP contribution in [0, 0.1) is 5.92 Å². The van der Waals surface area contributed by atoms with Crippen LogP contribution in [-0.4, -0.2) is 24.0 Å². The molecule has 0 aromatic carbocycles. The number of hydrogen-bond donors (Lipinski definition) is 1. The van der Waals surface area contributed by atoms with E-state index in [2.05, 4.69) is 0 Å². The minimum absolute atomic E-state index is 0.0104. The second-order valence-corrected chi connectivity index (χ2v) is 3.68. The first-order valence-corrected chi connectivity index (χ1v) is 3.90. The van der Waals surface area contributed by atoms with Gasteiger partial charge < -0.3 is 10.5 Å². The Hall–Kier alpha value is -0.410. The molecule has 0 aliphatic carbocycles. The van der Waals surface area contributed by atoms with E-state index in [0.29, 0.717) is 5.92 Å². The molecule has 1 saturated heterocycles. The van der Waals surface area contributed by atoms with Crippen LogP contribution >= 0.6 is 0 Å². The van der Waals surface area contributed by atoms with Crippen molar-refractivity contribution in [1.82, 2.24) is 0 Å². The second-order valence-electron chi connectivity index (χ2n) is 3.68. The molecule has 0 amide bonds. The zero-order chi connectivity index (χ0) is 8.65. The van der Waals surface area contributed by atoms with Gasteiger partial charge in [0.05, 0.1) is 6.10 Å². The first-order chi connectivity index (χ1) is 4.96. The van der Waals surface area contributed by atoms with E-state index in [0.717, 1.165) is 0 Å². The van der Waals surface area contributed by atoms with E-state index in [1.165, 1.54) is 0 Å². The zero-order valence-corrected chi connectivity index (χ0v) is 7.26. The van der Waals surface area contributed by atoms with Crippen molar-refractivity contribution in [2.24, 2.45) is 11.7 Å². The summed E-state index contributed by atoms with van der Waals surface area (Å²) >= 11 is 0. The van der Waals surface area contributed by atoms with Crippen LogP contribution in [0.25, 0.3) is 0 Å². The van der Waals surface area contributed by atoms with Crippen molar-refractivity contribution < 1.29 is 9.53 Å². The van der Waals surface area contributed by atoms with Crippen LogP contribution in [0.15, 0.2) is 0 Å². The summed E-state index contributed by atoms with van der Waals surface area (Å²) < 4.78 is 5.27. The molecule has 3 nitrogen and oxygen atoms in total. The van der Waals surface area contributed by atoms with Crippen molar-refractivity contribution in [3.63, 3.8) is 0 Å². The maximum atomic E-state index is 11.2. The van der Waals surface area contributed by atoms with Gasteiger partial charge in [-0.15, -0.1) is 0 Å². The van der Waals surface area contributed by atoms with E-state index >= 15 is 0 Å². The van der Waals surface area contributed by atoms with Crippen molar-refractivity contribution in [2.75, 3.05) is 6.61 Å². The van der Waals surface area contributed by atoms with Crippen molar-refractivity contribution in [3.05, 3.63) is 0 Å². The van der Waals surface area contributed by atoms with Crippen LogP contribution in [0.4, 0.5) is 0 Å². The average Bonchev–Trinajstić information content (AvgIpc) is 2.08. The highest BCUT2D eigenvalue weighted by Gasteiger charge is 2.45. The third-order valence-corrected chi connectivity index (χ3v) is 2.19. The molecule has 2 atom stereocenters. The lowest BCUT2D eigenvalue weighted by atomic mass is 9.87. The highest BCUT2D eigenvalue weighted by atomic mass is 16.5. The van der Waals surface area contributed by atoms with Crippen LogP contribution in [0.3, 0.4) is 0 Å². The molecule has 64 valence electrons. The van der Waals surface area contributed by atoms with E-state index in [4.69, 9.17) is 10.5 Å². The van der Waals surface area contributed by atoms with E-state index in [1.807, 2.05) is 13.8 Å². The number of ether oxygens (including phenoxy) is 1. The standard InChI is InChI=1S/C8H15NO2/c1-5(2)7-8(3,9)6(10)4-11-7/h5,7H,4,9H2,1-3H3/t7?,8-/m1/s1. The number of hydrogen-bond acceptors (Lipinski definition) is 3. The largest absolute Gasteiger partial charge is 0.368 e. The fourth-order valence-electron chi connectivity index (χ4n) is 1.54. The Bertz CT molecular complexity index is 175. The molecule has 0 saturated carbocycles. The summed E-state index contributed by atoms with van der Waals surface area (Å²) in [5.41, 5.74) is 5.02. The number of Topliss-reactive ketones (excluding diaryl/α,β-unsaturated/α-hetero) is 1. The Labute approximate surface area is 66.9 Å². The quantitative estimate of drug-likeness (QED) is 0.596. The molecular formula is C8H15NO2. The molecule has 0 radical (unpaired) electrons. The Morgan fingerprint density at radius 3 is 2.45 bits per heavy atom. The molecule has 0 bridgehead atoms. The average molecular weight is 157 g/mol. The van der Waals surface area contributed by atoms with Crippen molar-refractivity contribution >= 4 is 5.78 Å². The molecular weight excluding hydrogens is 142 g/mol. The fourth-order valence-corrected chi connectivity index (χ4v) is 1.54. The number of nitrogens with two attached hydrogens (primary N) is 1. The van der Waals surface area contributed by atoms with Gasteiger partial charge in [-0.1, -0.05) is 13.8 Å². The van der Waals surface area contributed by atoms with Gasteiger partial charge >= 0.3 is 0 Å². The summed E-state index contributed by atoms with van der Waals surface area (Å²) in [4.78, 5) is 11.2. The van der Waals surface area contributed by atoms with Crippen LogP contribution in [-0.2, 0) is 9.53 Å². The maximum absolute atomic E-state index is 11.2. The summed E-state index contributed by atoms with van der Waals surface area (Å²) in [7, 11) is 0. The molecule has 1 fully saturated rings. The van der Waals surface area contributed by atoms with Crippen LogP contribution in [0.1, 0.15) is 20.8 Å². The number of ketones is 1. The topological polar surface area (TPSA) is 52.3 Å². The Morgan fingerprint density at radius 1 is 1.73 bits per heavy atom. The van der Waals surface area contributed by atoms with E-state index in [1.54, 1.807) is 6.92 Å². The van der Waals surface area contributed by atoms with E-state index < -0.39 is 5.54 Å². The van der Waals surface area contributed by atoms with Gasteiger partial charge in [0.1, 0.15) is 12.1 Å². The first-order valence-electron chi connectivity index (χ1n) is 3.90. The third kappa shape index (κ3) is 1.30. The fraction of sp³-hybridized carbons (Fsp3) is 0.875. The lowest BCUT2D eigenvalue weighted by Gasteiger charge is -2.26. The number of rotatable bonds is 1. The lowest BCUT2D eigenvalue weighted by Crippen LogP contribution is -2.52. The highest BCUT2D eigenvalue weighted by Crippen LogP contribution is 2.25. The summed E-state index contributed by atoms with van der Waals surface area (Å²) in [6.07, 6.45) is -0.116. The van der Waals surface area contributed by atoms with Crippen LogP contribution < -0.4 is 5.73 Å². The number of carbonyl (C=O) groups excluding carboxylic acids is 1. The van der Waals surface area contributed by atoms with Gasteiger partial charge in [-0.05, 0) is 12.8 Å². The van der Waals surface area contributed by atoms with Gasteiger partial charge in [-0.2, -0.15) is 0 Å². The summed E-state index contributed by atoms with van der Waals surface area (Å²) in [6, 6.07) is 0. The van der Waals surface area contributed by atoms with E-state index in [-0.39, 0.29) is 18.5 Å². The minimum atomic E-state index is -0.770. The Balaban J connectivity index is 2.78. The second kappa shape index (κ2) is 2.57. The minimum Gasteiger partial charge on any atom is -0.368 e. The smallest absolute Gasteiger partial charge is 0.180 e. The van der Waals surface area contributed by atoms with Crippen LogP contribution in [0.2, 0.25) is 0 Å². The molecule has 11 heavy (non-hydrogen) atoms. The molecule has 2 N–H and O–H groups in total. The predicted molar refractivity (Wildman–Crippen MR) is 42.2 cm³/mol. The van der Waals surface area contributed by atoms with Gasteiger partial charge in [0.15, 0.2) is 5.78 Å². The first kappa shape index (κ1) is 8.68. The third-order valence-electron chi connectivity index (χ3n) is 2.19. The predicted octanol–water partition coefficient (Wildman–Crippen LogP) is 0.328. The van der Waals surface area contributed by atoms with Gasteiger partial charge in [0, 0.05) is 0 Å². The SMILES string of the molecule is CC(C)C1OCC(=O)[C@@]1(C)N. The van der Waals surface area contributed by atoms with Gasteiger partial charge in [-0.25, -0.2) is 0 Å². The molecule has 0 aromatic heterocycles. The summed E-state index contributed by atoms with van der Waals surface area (Å²) in [5.74, 6) is 0.313. The van der Waals surface area contributed by atoms with Crippen LogP contribution in [0.5, 0.6) is 0 Å². The molecule has 3 heteroatoms. The molecule has 1 aliphatic heterocycles. The molecule has 0 aromatic rings. The molecule has 1 unspecified atom stereocenters. The Kier molecular flexibility index (Phi) is 2.03. The highest BCUT2D eigenvalue weighted by molar-refractivity contribution is 5.91. The summed E-state index contributed by atoms with van der Waals surface area (Å²) in [5, 5.41) is 0. The normalized spacial score (nSPS) is 38.6. The molecule has 1 rings (SSSR count). The lowest BCUT2D eigenvalue weighted by molar-refractivity contribution is -0.121.